The van der Waals surface area contributed by atoms with Crippen LogP contribution in [0.25, 0.3) is 22.3 Å². The lowest BCUT2D eigenvalue weighted by Gasteiger charge is -2.14. The average Bonchev–Trinajstić information content (AvgIpc) is 3.26. The number of hydrogen-bond acceptors (Lipinski definition) is 2. The van der Waals surface area contributed by atoms with E-state index in [4.69, 9.17) is 0 Å². The van der Waals surface area contributed by atoms with E-state index in [1.54, 1.807) is 0 Å². The Kier molecular flexibility index (Phi) is 2.31. The Labute approximate surface area is 145 Å². The van der Waals surface area contributed by atoms with Gasteiger partial charge in [-0.1, -0.05) is 48.5 Å². The summed E-state index contributed by atoms with van der Waals surface area (Å²) in [6.07, 6.45) is 1.73. The number of carbonyl (C=O) groups is 2. The van der Waals surface area contributed by atoms with Gasteiger partial charge in [-0.25, -0.2) is 0 Å². The first kappa shape index (κ1) is 13.3. The summed E-state index contributed by atoms with van der Waals surface area (Å²) in [5.74, 6) is -0.0275. The lowest BCUT2D eigenvalue weighted by atomic mass is 9.87. The minimum atomic E-state index is -0.0138. The molecule has 0 heterocycles. The van der Waals surface area contributed by atoms with Crippen molar-refractivity contribution in [2.24, 2.45) is 0 Å². The van der Waals surface area contributed by atoms with Crippen LogP contribution in [0.3, 0.4) is 0 Å². The third kappa shape index (κ3) is 1.50. The molecule has 6 rings (SSSR count). The molecule has 0 saturated carbocycles. The van der Waals surface area contributed by atoms with Gasteiger partial charge in [0, 0.05) is 11.1 Å². The van der Waals surface area contributed by atoms with Gasteiger partial charge in [0.05, 0.1) is 6.42 Å². The lowest BCUT2D eigenvalue weighted by Crippen LogP contribution is -2.02. The molecule has 3 aliphatic rings. The fourth-order valence-corrected chi connectivity index (χ4v) is 4.94. The van der Waals surface area contributed by atoms with E-state index in [-0.39, 0.29) is 18.0 Å². The van der Waals surface area contributed by atoms with E-state index in [9.17, 15) is 9.59 Å². The molecule has 3 aliphatic carbocycles. The van der Waals surface area contributed by atoms with Crippen LogP contribution in [0.15, 0.2) is 48.5 Å². The third-order valence-corrected chi connectivity index (χ3v) is 5.90. The van der Waals surface area contributed by atoms with Crippen LogP contribution in [0.2, 0.25) is 0 Å². The molecule has 118 valence electrons. The Morgan fingerprint density at radius 3 is 1.44 bits per heavy atom. The van der Waals surface area contributed by atoms with Crippen LogP contribution in [0.4, 0.5) is 0 Å². The summed E-state index contributed by atoms with van der Waals surface area (Å²) in [6.45, 7) is 0. The van der Waals surface area contributed by atoms with Crippen molar-refractivity contribution in [1.82, 2.24) is 0 Å². The van der Waals surface area contributed by atoms with Gasteiger partial charge in [-0.3, -0.25) is 9.59 Å². The normalized spacial score (nSPS) is 15.7. The van der Waals surface area contributed by atoms with E-state index in [0.29, 0.717) is 11.1 Å². The summed E-state index contributed by atoms with van der Waals surface area (Å²) >= 11 is 0. The zero-order valence-corrected chi connectivity index (χ0v) is 13.6. The van der Waals surface area contributed by atoms with Crippen LogP contribution in [-0.2, 0) is 12.8 Å². The largest absolute Gasteiger partial charge is 0.294 e. The maximum absolute atomic E-state index is 12.7. The summed E-state index contributed by atoms with van der Waals surface area (Å²) in [7, 11) is 0. The first-order valence-electron chi connectivity index (χ1n) is 8.68. The van der Waals surface area contributed by atoms with E-state index in [0.717, 1.165) is 35.1 Å². The number of fused-ring (bicyclic) bond motifs is 10. The highest BCUT2D eigenvalue weighted by Crippen LogP contribution is 2.52. The van der Waals surface area contributed by atoms with Gasteiger partial charge in [-0.05, 0) is 57.3 Å². The van der Waals surface area contributed by atoms with Gasteiger partial charge in [0.25, 0.3) is 0 Å². The van der Waals surface area contributed by atoms with Crippen molar-refractivity contribution in [2.75, 3.05) is 0 Å². The first-order chi connectivity index (χ1) is 12.2. The predicted octanol–water partition coefficient (Wildman–Crippen LogP) is 4.60. The number of ketones is 2. The molecule has 3 aromatic carbocycles. The lowest BCUT2D eigenvalue weighted by molar-refractivity contribution is 0.0923. The molecule has 2 nitrogen and oxygen atoms in total. The molecule has 25 heavy (non-hydrogen) atoms. The molecule has 0 saturated heterocycles. The number of carbonyl (C=O) groups excluding carboxylic acids is 2. The zero-order chi connectivity index (χ0) is 16.7. The van der Waals surface area contributed by atoms with E-state index >= 15 is 0 Å². The van der Waals surface area contributed by atoms with Crippen molar-refractivity contribution in [3.63, 3.8) is 0 Å². The number of Topliss-reactive ketones (excluding diaryl/α,β-unsaturated/α-hetero) is 2. The summed E-state index contributed by atoms with van der Waals surface area (Å²) in [5, 5.41) is 0. The topological polar surface area (TPSA) is 34.1 Å². The van der Waals surface area contributed by atoms with Crippen molar-refractivity contribution < 1.29 is 9.59 Å². The third-order valence-electron chi connectivity index (χ3n) is 5.90. The van der Waals surface area contributed by atoms with Crippen molar-refractivity contribution in [2.45, 2.75) is 19.3 Å². The quantitative estimate of drug-likeness (QED) is 0.391. The van der Waals surface area contributed by atoms with E-state index in [1.807, 2.05) is 24.3 Å². The van der Waals surface area contributed by atoms with E-state index in [1.165, 1.54) is 22.3 Å². The van der Waals surface area contributed by atoms with Crippen LogP contribution >= 0.6 is 0 Å². The van der Waals surface area contributed by atoms with Crippen molar-refractivity contribution >= 4 is 11.6 Å². The van der Waals surface area contributed by atoms with Crippen LogP contribution in [0.1, 0.15) is 49.4 Å². The highest BCUT2D eigenvalue weighted by atomic mass is 16.2. The number of benzene rings is 3. The minimum absolute atomic E-state index is 0.0138. The van der Waals surface area contributed by atoms with Gasteiger partial charge >= 0.3 is 0 Å². The van der Waals surface area contributed by atoms with Crippen LogP contribution in [-0.4, -0.2) is 11.6 Å². The van der Waals surface area contributed by atoms with Gasteiger partial charge < -0.3 is 0 Å². The monoisotopic (exact) mass is 322 g/mol. The Morgan fingerprint density at radius 2 is 0.960 bits per heavy atom. The van der Waals surface area contributed by atoms with Gasteiger partial charge in [-0.2, -0.15) is 0 Å². The molecular formula is C23H14O2. The molecule has 0 aromatic heterocycles. The molecule has 0 radical (unpaired) electrons. The standard InChI is InChI=1S/C23H14O2/c24-18-11-19(25)23-21-15-8-4-2-6-13(15)10-17(21)16-9-12-5-1-3-7-14(12)20(16)22(18)23/h1-8H,9-11H2. The maximum Gasteiger partial charge on any atom is 0.171 e. The SMILES string of the molecule is O=C1CC(=O)c2c1c1c(c3c2-c2ccccc2C3)Cc2ccccc2-1. The van der Waals surface area contributed by atoms with Gasteiger partial charge in [0.15, 0.2) is 11.6 Å². The molecule has 0 aliphatic heterocycles. The highest BCUT2D eigenvalue weighted by molar-refractivity contribution is 6.30. The predicted molar refractivity (Wildman–Crippen MR) is 96.2 cm³/mol. The number of hydrogen-bond donors (Lipinski definition) is 0. The Bertz CT molecular complexity index is 1060. The second-order valence-electron chi connectivity index (χ2n) is 7.15. The van der Waals surface area contributed by atoms with Gasteiger partial charge in [-0.15, -0.1) is 0 Å². The van der Waals surface area contributed by atoms with Crippen molar-refractivity contribution in [1.29, 1.82) is 0 Å². The molecule has 0 atom stereocenters. The summed E-state index contributed by atoms with van der Waals surface area (Å²) in [6, 6.07) is 16.6. The average molecular weight is 322 g/mol. The zero-order valence-electron chi connectivity index (χ0n) is 13.6. The molecule has 0 bridgehead atoms. The Hall–Kier alpha value is -3.00. The smallest absolute Gasteiger partial charge is 0.171 e. The van der Waals surface area contributed by atoms with Crippen LogP contribution < -0.4 is 0 Å². The molecule has 2 heteroatoms. The van der Waals surface area contributed by atoms with Gasteiger partial charge in [0.2, 0.25) is 0 Å². The molecule has 0 N–H and O–H groups in total. The second-order valence-corrected chi connectivity index (χ2v) is 7.15. The Morgan fingerprint density at radius 1 is 0.520 bits per heavy atom. The van der Waals surface area contributed by atoms with Gasteiger partial charge in [0.1, 0.15) is 0 Å². The summed E-state index contributed by atoms with van der Waals surface area (Å²) in [4.78, 5) is 25.5. The first-order valence-corrected chi connectivity index (χ1v) is 8.68. The fraction of sp³-hybridized carbons (Fsp3) is 0.130. The van der Waals surface area contributed by atoms with Crippen molar-refractivity contribution in [3.05, 3.63) is 81.9 Å². The van der Waals surface area contributed by atoms with Crippen molar-refractivity contribution in [3.8, 4) is 22.3 Å². The molecule has 0 unspecified atom stereocenters. The number of rotatable bonds is 0. The van der Waals surface area contributed by atoms with E-state index < -0.39 is 0 Å². The van der Waals surface area contributed by atoms with Crippen LogP contribution in [0, 0.1) is 0 Å². The fourth-order valence-electron chi connectivity index (χ4n) is 4.94. The van der Waals surface area contributed by atoms with E-state index in [2.05, 4.69) is 24.3 Å². The summed E-state index contributed by atoms with van der Waals surface area (Å²) < 4.78 is 0. The second kappa shape index (κ2) is 4.34. The highest BCUT2D eigenvalue weighted by Gasteiger charge is 2.41. The summed E-state index contributed by atoms with van der Waals surface area (Å²) in [5.41, 5.74) is 10.7. The minimum Gasteiger partial charge on any atom is -0.294 e. The molecule has 0 spiro atoms. The molecule has 3 aromatic rings. The maximum atomic E-state index is 12.7. The Balaban J connectivity index is 1.80. The molecule has 0 amide bonds. The van der Waals surface area contributed by atoms with Crippen LogP contribution in [0.5, 0.6) is 0 Å². The molecule has 0 fully saturated rings. The molecular weight excluding hydrogens is 308 g/mol.